The van der Waals surface area contributed by atoms with E-state index in [1.807, 2.05) is 6.07 Å². The number of carbonyl (C=O) groups is 1. The van der Waals surface area contributed by atoms with Gasteiger partial charge < -0.3 is 10.0 Å². The molecule has 1 aromatic rings. The highest BCUT2D eigenvalue weighted by Gasteiger charge is 2.21. The number of carbonyl (C=O) groups excluding carboxylic acids is 1. The van der Waals surface area contributed by atoms with Crippen LogP contribution < -0.4 is 0 Å². The summed E-state index contributed by atoms with van der Waals surface area (Å²) < 4.78 is 0.933. The van der Waals surface area contributed by atoms with E-state index >= 15 is 0 Å². The van der Waals surface area contributed by atoms with Gasteiger partial charge in [-0.25, -0.2) is 0 Å². The van der Waals surface area contributed by atoms with Crippen molar-refractivity contribution < 1.29 is 9.90 Å². The molecule has 1 amide bonds. The van der Waals surface area contributed by atoms with Gasteiger partial charge in [0.05, 0.1) is 5.56 Å². The smallest absolute Gasteiger partial charge is 0.257 e. The molecule has 0 bridgehead atoms. The topological polar surface area (TPSA) is 40.5 Å². The van der Waals surface area contributed by atoms with Gasteiger partial charge in [-0.1, -0.05) is 0 Å². The van der Waals surface area contributed by atoms with Gasteiger partial charge in [0.1, 0.15) is 5.75 Å². The molecular formula is C11H12INO2. The van der Waals surface area contributed by atoms with Crippen molar-refractivity contribution in [2.75, 3.05) is 13.1 Å². The largest absolute Gasteiger partial charge is 0.507 e. The van der Waals surface area contributed by atoms with Crippen LogP contribution in [0.15, 0.2) is 18.2 Å². The summed E-state index contributed by atoms with van der Waals surface area (Å²) in [5.74, 6) is 0.0280. The summed E-state index contributed by atoms with van der Waals surface area (Å²) in [7, 11) is 0. The molecule has 0 saturated carbocycles. The van der Waals surface area contributed by atoms with Crippen LogP contribution in [0.5, 0.6) is 5.75 Å². The van der Waals surface area contributed by atoms with Gasteiger partial charge in [-0.15, -0.1) is 0 Å². The number of phenols is 1. The summed E-state index contributed by atoms with van der Waals surface area (Å²) in [6, 6.07) is 5.14. The zero-order valence-electron chi connectivity index (χ0n) is 8.24. The Hall–Kier alpha value is -0.780. The van der Waals surface area contributed by atoms with Crippen LogP contribution in [0.4, 0.5) is 0 Å². The number of amides is 1. The zero-order valence-corrected chi connectivity index (χ0v) is 10.4. The second kappa shape index (κ2) is 4.38. The van der Waals surface area contributed by atoms with Crippen molar-refractivity contribution in [2.24, 2.45) is 0 Å². The highest BCUT2D eigenvalue weighted by molar-refractivity contribution is 14.1. The first-order valence-corrected chi connectivity index (χ1v) is 6.04. The Morgan fingerprint density at radius 1 is 1.33 bits per heavy atom. The molecule has 3 nitrogen and oxygen atoms in total. The highest BCUT2D eigenvalue weighted by atomic mass is 127. The summed E-state index contributed by atoms with van der Waals surface area (Å²) in [6.45, 7) is 1.62. The highest BCUT2D eigenvalue weighted by Crippen LogP contribution is 2.23. The van der Waals surface area contributed by atoms with E-state index in [1.165, 1.54) is 0 Å². The number of hydrogen-bond donors (Lipinski definition) is 1. The molecule has 0 radical (unpaired) electrons. The van der Waals surface area contributed by atoms with Crippen LogP contribution in [-0.2, 0) is 0 Å². The number of nitrogens with zero attached hydrogens (tertiary/aromatic N) is 1. The lowest BCUT2D eigenvalue weighted by Gasteiger charge is -2.15. The molecule has 1 fully saturated rings. The van der Waals surface area contributed by atoms with Crippen molar-refractivity contribution in [3.8, 4) is 5.75 Å². The Morgan fingerprint density at radius 2 is 2.00 bits per heavy atom. The van der Waals surface area contributed by atoms with Crippen molar-refractivity contribution in [3.63, 3.8) is 0 Å². The van der Waals surface area contributed by atoms with E-state index < -0.39 is 0 Å². The Labute approximate surface area is 102 Å². The summed E-state index contributed by atoms with van der Waals surface area (Å²) in [6.07, 6.45) is 2.13. The number of aromatic hydroxyl groups is 1. The maximum Gasteiger partial charge on any atom is 0.257 e. The van der Waals surface area contributed by atoms with Crippen molar-refractivity contribution in [2.45, 2.75) is 12.8 Å². The fourth-order valence-corrected chi connectivity index (χ4v) is 2.25. The van der Waals surface area contributed by atoms with Crippen molar-refractivity contribution in [3.05, 3.63) is 27.3 Å². The third-order valence-corrected chi connectivity index (χ3v) is 3.25. The summed E-state index contributed by atoms with van der Waals surface area (Å²) in [5, 5.41) is 9.67. The Kier molecular flexibility index (Phi) is 3.14. The number of rotatable bonds is 1. The van der Waals surface area contributed by atoms with Crippen LogP contribution in [-0.4, -0.2) is 29.0 Å². The van der Waals surface area contributed by atoms with Gasteiger partial charge in [0.2, 0.25) is 0 Å². The van der Waals surface area contributed by atoms with Gasteiger partial charge in [0, 0.05) is 16.7 Å². The summed E-state index contributed by atoms with van der Waals surface area (Å²) >= 11 is 2.11. The van der Waals surface area contributed by atoms with Crippen LogP contribution in [0.2, 0.25) is 0 Å². The van der Waals surface area contributed by atoms with Gasteiger partial charge in [-0.3, -0.25) is 4.79 Å². The van der Waals surface area contributed by atoms with Crippen molar-refractivity contribution in [1.82, 2.24) is 4.90 Å². The number of likely N-dealkylation sites (tertiary alicyclic amines) is 1. The second-order valence-electron chi connectivity index (χ2n) is 3.66. The predicted molar refractivity (Wildman–Crippen MR) is 66.0 cm³/mol. The molecule has 0 spiro atoms. The van der Waals surface area contributed by atoms with Gasteiger partial charge in [-0.2, -0.15) is 0 Å². The maximum atomic E-state index is 11.9. The Balaban J connectivity index is 2.24. The van der Waals surface area contributed by atoms with Gasteiger partial charge in [0.15, 0.2) is 0 Å². The molecular weight excluding hydrogens is 305 g/mol. The minimum atomic E-state index is -0.0543. The second-order valence-corrected chi connectivity index (χ2v) is 4.91. The molecule has 0 unspecified atom stereocenters. The molecule has 2 rings (SSSR count). The van der Waals surface area contributed by atoms with Crippen molar-refractivity contribution >= 4 is 28.5 Å². The molecule has 4 heteroatoms. The monoisotopic (exact) mass is 317 g/mol. The average molecular weight is 317 g/mol. The van der Waals surface area contributed by atoms with E-state index in [2.05, 4.69) is 22.6 Å². The minimum absolute atomic E-state index is 0.0543. The van der Waals surface area contributed by atoms with E-state index in [-0.39, 0.29) is 11.7 Å². The molecule has 1 N–H and O–H groups in total. The molecule has 1 aliphatic heterocycles. The molecule has 1 heterocycles. The van der Waals surface area contributed by atoms with E-state index in [0.717, 1.165) is 29.5 Å². The van der Waals surface area contributed by atoms with Gasteiger partial charge in [0.25, 0.3) is 5.91 Å². The molecule has 0 atom stereocenters. The number of hydrogen-bond acceptors (Lipinski definition) is 2. The van der Waals surface area contributed by atoms with Crippen molar-refractivity contribution in [1.29, 1.82) is 0 Å². The van der Waals surface area contributed by atoms with E-state index in [0.29, 0.717) is 5.56 Å². The SMILES string of the molecule is O=C(c1ccc(I)cc1O)N1CCCC1. The summed E-state index contributed by atoms with van der Waals surface area (Å²) in [4.78, 5) is 13.7. The lowest BCUT2D eigenvalue weighted by molar-refractivity contribution is 0.0790. The molecule has 1 aromatic carbocycles. The molecule has 0 aromatic heterocycles. The van der Waals surface area contributed by atoms with Crippen LogP contribution in [0.25, 0.3) is 0 Å². The first-order chi connectivity index (χ1) is 7.18. The molecule has 1 aliphatic rings. The fourth-order valence-electron chi connectivity index (χ4n) is 1.78. The van der Waals surface area contributed by atoms with Gasteiger partial charge >= 0.3 is 0 Å². The predicted octanol–water partition coefficient (Wildman–Crippen LogP) is 2.23. The Bertz CT molecular complexity index is 386. The third kappa shape index (κ3) is 2.25. The quantitative estimate of drug-likeness (QED) is 0.807. The van der Waals surface area contributed by atoms with Crippen LogP contribution in [0.1, 0.15) is 23.2 Å². The van der Waals surface area contributed by atoms with Gasteiger partial charge in [-0.05, 0) is 53.6 Å². The number of benzene rings is 1. The average Bonchev–Trinajstić information content (AvgIpc) is 2.69. The molecule has 15 heavy (non-hydrogen) atoms. The minimum Gasteiger partial charge on any atom is -0.507 e. The van der Waals surface area contributed by atoms with Crippen LogP contribution >= 0.6 is 22.6 Å². The zero-order chi connectivity index (χ0) is 10.8. The van der Waals surface area contributed by atoms with Crippen LogP contribution in [0, 0.1) is 3.57 Å². The number of phenolic OH excluding ortho intramolecular Hbond substituents is 1. The van der Waals surface area contributed by atoms with Crippen LogP contribution in [0.3, 0.4) is 0 Å². The van der Waals surface area contributed by atoms with E-state index in [4.69, 9.17) is 0 Å². The molecule has 0 aliphatic carbocycles. The molecule has 1 saturated heterocycles. The maximum absolute atomic E-state index is 11.9. The standard InChI is InChI=1S/C11H12INO2/c12-8-3-4-9(10(14)7-8)11(15)13-5-1-2-6-13/h3-4,7,14H,1-2,5-6H2. The van der Waals surface area contributed by atoms with E-state index in [1.54, 1.807) is 17.0 Å². The fraction of sp³-hybridized carbons (Fsp3) is 0.364. The lowest BCUT2D eigenvalue weighted by Crippen LogP contribution is -2.27. The lowest BCUT2D eigenvalue weighted by atomic mass is 10.2. The summed E-state index contributed by atoms with van der Waals surface area (Å²) in [5.41, 5.74) is 0.414. The number of halogens is 1. The normalized spacial score (nSPS) is 15.7. The molecule has 80 valence electrons. The third-order valence-electron chi connectivity index (χ3n) is 2.58. The Morgan fingerprint density at radius 3 is 2.60 bits per heavy atom. The first kappa shape index (κ1) is 10.7. The van der Waals surface area contributed by atoms with E-state index in [9.17, 15) is 9.90 Å². The first-order valence-electron chi connectivity index (χ1n) is 4.96.